The standard InChI is InChI=1S/C19H24N4O3/c1-3-26-17-8-6-15(7-9-17)21-19(25)14-5-4-10-23(13-14)16-11-18(24)22(2)20-12-16/h6-9,11-12,14H,3-5,10,13H2,1-2H3,(H,21,25)/t14-/m0/s1. The van der Waals surface area contributed by atoms with Gasteiger partial charge in [-0.25, -0.2) is 4.68 Å². The molecule has 7 heteroatoms. The Kier molecular flexibility index (Phi) is 5.55. The normalized spacial score (nSPS) is 17.0. The van der Waals surface area contributed by atoms with Crippen molar-refractivity contribution in [3.63, 3.8) is 0 Å². The maximum absolute atomic E-state index is 12.6. The highest BCUT2D eigenvalue weighted by molar-refractivity contribution is 5.93. The van der Waals surface area contributed by atoms with E-state index in [0.717, 1.165) is 36.5 Å². The zero-order chi connectivity index (χ0) is 18.5. The van der Waals surface area contributed by atoms with E-state index in [2.05, 4.69) is 15.3 Å². The average molecular weight is 356 g/mol. The van der Waals surface area contributed by atoms with Gasteiger partial charge in [-0.3, -0.25) is 9.59 Å². The number of ether oxygens (including phenoxy) is 1. The molecule has 2 heterocycles. The van der Waals surface area contributed by atoms with Gasteiger partial charge in [0.05, 0.1) is 24.4 Å². The summed E-state index contributed by atoms with van der Waals surface area (Å²) in [5.41, 5.74) is 1.38. The second kappa shape index (κ2) is 8.03. The summed E-state index contributed by atoms with van der Waals surface area (Å²) in [6, 6.07) is 8.94. The molecule has 1 aliphatic rings. The molecule has 1 amide bonds. The third-order valence-electron chi connectivity index (χ3n) is 4.54. The molecule has 1 aliphatic heterocycles. The minimum atomic E-state index is -0.150. The van der Waals surface area contributed by atoms with Crippen LogP contribution in [-0.4, -0.2) is 35.4 Å². The molecule has 0 unspecified atom stereocenters. The number of carbonyl (C=O) groups excluding carboxylic acids is 1. The predicted octanol–water partition coefficient (Wildman–Crippen LogP) is 2.03. The number of aryl methyl sites for hydroxylation is 1. The first-order valence-corrected chi connectivity index (χ1v) is 8.89. The summed E-state index contributed by atoms with van der Waals surface area (Å²) in [6.07, 6.45) is 3.41. The van der Waals surface area contributed by atoms with Gasteiger partial charge in [0.1, 0.15) is 5.75 Å². The first-order chi connectivity index (χ1) is 12.6. The number of amides is 1. The highest BCUT2D eigenvalue weighted by Gasteiger charge is 2.26. The molecule has 1 aromatic heterocycles. The van der Waals surface area contributed by atoms with Crippen molar-refractivity contribution in [2.24, 2.45) is 13.0 Å². The number of nitrogens with one attached hydrogen (secondary N) is 1. The van der Waals surface area contributed by atoms with E-state index in [9.17, 15) is 9.59 Å². The molecule has 0 spiro atoms. The molecule has 3 rings (SSSR count). The summed E-state index contributed by atoms with van der Waals surface area (Å²) in [4.78, 5) is 26.5. The molecule has 0 saturated carbocycles. The van der Waals surface area contributed by atoms with Gasteiger partial charge in [0.2, 0.25) is 5.91 Å². The van der Waals surface area contributed by atoms with Gasteiger partial charge in [-0.1, -0.05) is 0 Å². The van der Waals surface area contributed by atoms with E-state index in [1.165, 1.54) is 4.68 Å². The number of nitrogens with zero attached hydrogens (tertiary/aromatic N) is 3. The van der Waals surface area contributed by atoms with E-state index in [1.807, 2.05) is 31.2 Å². The average Bonchev–Trinajstić information content (AvgIpc) is 2.66. The smallest absolute Gasteiger partial charge is 0.268 e. The van der Waals surface area contributed by atoms with Crippen molar-refractivity contribution in [2.75, 3.05) is 29.9 Å². The molecule has 1 fully saturated rings. The lowest BCUT2D eigenvalue weighted by Gasteiger charge is -2.33. The first kappa shape index (κ1) is 18.0. The van der Waals surface area contributed by atoms with Crippen molar-refractivity contribution in [3.05, 3.63) is 46.9 Å². The summed E-state index contributed by atoms with van der Waals surface area (Å²) in [7, 11) is 1.62. The lowest BCUT2D eigenvalue weighted by Crippen LogP contribution is -2.41. The Morgan fingerprint density at radius 2 is 2.12 bits per heavy atom. The molecule has 26 heavy (non-hydrogen) atoms. The lowest BCUT2D eigenvalue weighted by atomic mass is 9.96. The fraction of sp³-hybridized carbons (Fsp3) is 0.421. The van der Waals surface area contributed by atoms with Gasteiger partial charge >= 0.3 is 0 Å². The highest BCUT2D eigenvalue weighted by atomic mass is 16.5. The third kappa shape index (κ3) is 4.22. The van der Waals surface area contributed by atoms with Crippen molar-refractivity contribution >= 4 is 17.3 Å². The highest BCUT2D eigenvalue weighted by Crippen LogP contribution is 2.23. The van der Waals surface area contributed by atoms with Crippen LogP contribution in [0.3, 0.4) is 0 Å². The molecule has 1 N–H and O–H groups in total. The fourth-order valence-corrected chi connectivity index (χ4v) is 3.10. The molecule has 0 radical (unpaired) electrons. The number of hydrogen-bond acceptors (Lipinski definition) is 5. The molecule has 0 aliphatic carbocycles. The van der Waals surface area contributed by atoms with Crippen LogP contribution in [0, 0.1) is 5.92 Å². The Labute approximate surface area is 152 Å². The summed E-state index contributed by atoms with van der Waals surface area (Å²) in [6.45, 7) is 3.95. The number of benzene rings is 1. The number of hydrogen-bond donors (Lipinski definition) is 1. The maximum Gasteiger partial charge on any atom is 0.268 e. The van der Waals surface area contributed by atoms with Crippen molar-refractivity contribution in [3.8, 4) is 5.75 Å². The predicted molar refractivity (Wildman–Crippen MR) is 101 cm³/mol. The van der Waals surface area contributed by atoms with E-state index in [4.69, 9.17) is 4.74 Å². The SMILES string of the molecule is CCOc1ccc(NC(=O)[C@H]2CCCN(c3cnn(C)c(=O)c3)C2)cc1. The van der Waals surface area contributed by atoms with Crippen LogP contribution in [0.5, 0.6) is 5.75 Å². The molecule has 7 nitrogen and oxygen atoms in total. The topological polar surface area (TPSA) is 76.5 Å². The number of rotatable bonds is 5. The van der Waals surface area contributed by atoms with Gasteiger partial charge in [0.25, 0.3) is 5.56 Å². The Hall–Kier alpha value is -2.83. The van der Waals surface area contributed by atoms with E-state index in [-0.39, 0.29) is 17.4 Å². The molecule has 138 valence electrons. The number of aromatic nitrogens is 2. The van der Waals surface area contributed by atoms with Crippen LogP contribution in [0.15, 0.2) is 41.3 Å². The Balaban J connectivity index is 1.63. The number of carbonyl (C=O) groups is 1. The summed E-state index contributed by atoms with van der Waals surface area (Å²) in [5, 5.41) is 7.04. The summed E-state index contributed by atoms with van der Waals surface area (Å²) < 4.78 is 6.71. The molecule has 2 aromatic rings. The van der Waals surface area contributed by atoms with Crippen molar-refractivity contribution < 1.29 is 9.53 Å². The third-order valence-corrected chi connectivity index (χ3v) is 4.54. The molecular formula is C19H24N4O3. The maximum atomic E-state index is 12.6. The van der Waals surface area contributed by atoms with Crippen LogP contribution in [0.2, 0.25) is 0 Å². The van der Waals surface area contributed by atoms with Gasteiger partial charge in [0, 0.05) is 31.9 Å². The van der Waals surface area contributed by atoms with E-state index >= 15 is 0 Å². The Morgan fingerprint density at radius 3 is 2.81 bits per heavy atom. The monoisotopic (exact) mass is 356 g/mol. The van der Waals surface area contributed by atoms with Crippen LogP contribution < -0.4 is 20.5 Å². The second-order valence-electron chi connectivity index (χ2n) is 6.41. The summed E-state index contributed by atoms with van der Waals surface area (Å²) in [5.74, 6) is 0.655. The van der Waals surface area contributed by atoms with E-state index < -0.39 is 0 Å². The zero-order valence-corrected chi connectivity index (χ0v) is 15.1. The first-order valence-electron chi connectivity index (χ1n) is 8.89. The minimum Gasteiger partial charge on any atom is -0.494 e. The Bertz CT molecular complexity index is 816. The van der Waals surface area contributed by atoms with Gasteiger partial charge in [-0.05, 0) is 44.0 Å². The lowest BCUT2D eigenvalue weighted by molar-refractivity contribution is -0.120. The van der Waals surface area contributed by atoms with Gasteiger partial charge in [-0.15, -0.1) is 0 Å². The molecular weight excluding hydrogens is 332 g/mol. The van der Waals surface area contributed by atoms with E-state index in [0.29, 0.717) is 13.2 Å². The second-order valence-corrected chi connectivity index (χ2v) is 6.41. The molecule has 1 atom stereocenters. The molecule has 1 aromatic carbocycles. The van der Waals surface area contributed by atoms with E-state index in [1.54, 1.807) is 19.3 Å². The van der Waals surface area contributed by atoms with Gasteiger partial charge < -0.3 is 15.0 Å². The van der Waals surface area contributed by atoms with Crippen LogP contribution in [0.25, 0.3) is 0 Å². The van der Waals surface area contributed by atoms with Gasteiger partial charge in [0.15, 0.2) is 0 Å². The zero-order valence-electron chi connectivity index (χ0n) is 15.1. The van der Waals surface area contributed by atoms with Crippen LogP contribution in [-0.2, 0) is 11.8 Å². The van der Waals surface area contributed by atoms with Crippen molar-refractivity contribution in [1.29, 1.82) is 0 Å². The summed E-state index contributed by atoms with van der Waals surface area (Å²) >= 11 is 0. The molecule has 0 bridgehead atoms. The van der Waals surface area contributed by atoms with Crippen LogP contribution >= 0.6 is 0 Å². The van der Waals surface area contributed by atoms with Crippen LogP contribution in [0.4, 0.5) is 11.4 Å². The van der Waals surface area contributed by atoms with Crippen molar-refractivity contribution in [1.82, 2.24) is 9.78 Å². The number of anilines is 2. The van der Waals surface area contributed by atoms with Crippen LogP contribution in [0.1, 0.15) is 19.8 Å². The van der Waals surface area contributed by atoms with Gasteiger partial charge in [-0.2, -0.15) is 5.10 Å². The quantitative estimate of drug-likeness (QED) is 0.887. The molecule has 1 saturated heterocycles. The minimum absolute atomic E-state index is 0.00403. The Morgan fingerprint density at radius 1 is 1.35 bits per heavy atom. The number of piperidine rings is 1. The fourth-order valence-electron chi connectivity index (χ4n) is 3.10. The largest absolute Gasteiger partial charge is 0.494 e. The van der Waals surface area contributed by atoms with Crippen molar-refractivity contribution in [2.45, 2.75) is 19.8 Å².